The van der Waals surface area contributed by atoms with E-state index in [0.29, 0.717) is 34.5 Å². The van der Waals surface area contributed by atoms with Gasteiger partial charge in [0.25, 0.3) is 0 Å². The molecule has 3 rings (SSSR count). The molecule has 1 aliphatic rings. The molecule has 26 heavy (non-hydrogen) atoms. The zero-order valence-electron chi connectivity index (χ0n) is 13.8. The van der Waals surface area contributed by atoms with Crippen molar-refractivity contribution in [2.24, 2.45) is 5.73 Å². The van der Waals surface area contributed by atoms with Crippen LogP contribution in [0, 0.1) is 0 Å². The third-order valence-corrected chi connectivity index (χ3v) is 5.89. The molecule has 2 aromatic rings. The molecule has 0 saturated carbocycles. The van der Waals surface area contributed by atoms with E-state index in [1.54, 1.807) is 12.1 Å². The lowest BCUT2D eigenvalue weighted by Gasteiger charge is -2.27. The summed E-state index contributed by atoms with van der Waals surface area (Å²) in [6, 6.07) is 3.33. The monoisotopic (exact) mass is 396 g/mol. The van der Waals surface area contributed by atoms with E-state index in [0.717, 1.165) is 0 Å². The lowest BCUT2D eigenvalue weighted by atomic mass is 9.77. The highest BCUT2D eigenvalue weighted by Crippen LogP contribution is 2.40. The van der Waals surface area contributed by atoms with Crippen molar-refractivity contribution in [3.05, 3.63) is 23.3 Å². The van der Waals surface area contributed by atoms with E-state index in [9.17, 15) is 14.9 Å². The summed E-state index contributed by atoms with van der Waals surface area (Å²) in [5.41, 5.74) is 6.04. The number of nitrogens with two attached hydrogens (primary N) is 1. The fourth-order valence-electron chi connectivity index (χ4n) is 2.53. The van der Waals surface area contributed by atoms with E-state index in [1.165, 1.54) is 30.2 Å². The highest BCUT2D eigenvalue weighted by Gasteiger charge is 2.39. The van der Waals surface area contributed by atoms with Crippen LogP contribution < -0.4 is 20.4 Å². The number of anilines is 1. The standard InChI is InChI=1S/C14H17BN4O5S2/c1-23-8-3-2-7-6-9(15(22)24-11(7)10(8)12(20)21)25-14-19-18-13(26-14)17-5-4-16/h2-3,9,22H,4-6,16H2,1H3,(H,17,18)(H,20,21)/t9-/m0/s1. The number of benzene rings is 1. The van der Waals surface area contributed by atoms with Crippen molar-refractivity contribution in [3.8, 4) is 11.5 Å². The van der Waals surface area contributed by atoms with Crippen molar-refractivity contribution < 1.29 is 24.3 Å². The zero-order chi connectivity index (χ0) is 18.7. The minimum Gasteiger partial charge on any atom is -0.534 e. The predicted octanol–water partition coefficient (Wildman–Crippen LogP) is 0.731. The number of fused-ring (bicyclic) bond motifs is 1. The summed E-state index contributed by atoms with van der Waals surface area (Å²) in [7, 11) is 0.208. The Labute approximate surface area is 158 Å². The summed E-state index contributed by atoms with van der Waals surface area (Å²) in [6.07, 6.45) is 0.427. The number of thioether (sulfide) groups is 1. The molecule has 1 aliphatic heterocycles. The largest absolute Gasteiger partial charge is 0.537 e. The average Bonchev–Trinajstić information content (AvgIpc) is 3.06. The first kappa shape index (κ1) is 18.8. The number of carbonyl (C=O) groups is 1. The molecule has 1 aromatic carbocycles. The van der Waals surface area contributed by atoms with E-state index >= 15 is 0 Å². The van der Waals surface area contributed by atoms with Gasteiger partial charge in [-0.15, -0.1) is 10.2 Å². The molecule has 0 radical (unpaired) electrons. The lowest BCUT2D eigenvalue weighted by molar-refractivity contribution is 0.0690. The molecular weight excluding hydrogens is 379 g/mol. The predicted molar refractivity (Wildman–Crippen MR) is 99.4 cm³/mol. The number of nitrogens with zero attached hydrogens (tertiary/aromatic N) is 2. The molecule has 2 heterocycles. The SMILES string of the molecule is COc1ccc2c(c1C(=O)O)OB(O)[C@@H](Sc1nnc(NCCN)s1)C2. The Bertz CT molecular complexity index is 806. The van der Waals surface area contributed by atoms with Gasteiger partial charge in [-0.3, -0.25) is 0 Å². The number of carboxylic acids is 1. The van der Waals surface area contributed by atoms with Gasteiger partial charge in [-0.05, 0) is 18.1 Å². The van der Waals surface area contributed by atoms with Gasteiger partial charge in [-0.2, -0.15) is 0 Å². The lowest BCUT2D eigenvalue weighted by Crippen LogP contribution is -2.40. The molecule has 9 nitrogen and oxygen atoms in total. The normalized spacial score (nSPS) is 16.0. The molecule has 0 saturated heterocycles. The third kappa shape index (κ3) is 3.87. The average molecular weight is 396 g/mol. The van der Waals surface area contributed by atoms with E-state index in [4.69, 9.17) is 15.1 Å². The number of aromatic nitrogens is 2. The maximum atomic E-state index is 11.5. The summed E-state index contributed by atoms with van der Waals surface area (Å²) < 4.78 is 11.3. The molecule has 5 N–H and O–H groups in total. The van der Waals surface area contributed by atoms with Crippen LogP contribution in [0.3, 0.4) is 0 Å². The van der Waals surface area contributed by atoms with Gasteiger partial charge in [0, 0.05) is 13.1 Å². The summed E-state index contributed by atoms with van der Waals surface area (Å²) in [4.78, 5) is 11.5. The first-order chi connectivity index (χ1) is 12.5. The van der Waals surface area contributed by atoms with Crippen LogP contribution in [0.2, 0.25) is 0 Å². The topological polar surface area (TPSA) is 140 Å². The second-order valence-corrected chi connectivity index (χ2v) is 7.86. The van der Waals surface area contributed by atoms with Gasteiger partial charge in [-0.1, -0.05) is 29.2 Å². The number of hydrogen-bond donors (Lipinski definition) is 4. The van der Waals surface area contributed by atoms with Crippen LogP contribution in [0.1, 0.15) is 15.9 Å². The number of ether oxygens (including phenoxy) is 1. The Morgan fingerprint density at radius 2 is 2.38 bits per heavy atom. The zero-order valence-corrected chi connectivity index (χ0v) is 15.5. The molecule has 12 heteroatoms. The minimum absolute atomic E-state index is 0.0864. The smallest absolute Gasteiger partial charge is 0.534 e. The second kappa shape index (κ2) is 8.12. The molecule has 0 bridgehead atoms. The van der Waals surface area contributed by atoms with Gasteiger partial charge < -0.3 is 30.6 Å². The molecule has 0 unspecified atom stereocenters. The molecule has 138 valence electrons. The first-order valence-corrected chi connectivity index (χ1v) is 9.45. The fourth-order valence-corrected chi connectivity index (χ4v) is 4.61. The Kier molecular flexibility index (Phi) is 5.86. The Morgan fingerprint density at radius 3 is 3.08 bits per heavy atom. The number of carboxylic acid groups (broad SMARTS) is 1. The molecule has 0 aliphatic carbocycles. The van der Waals surface area contributed by atoms with Crippen LogP contribution in [-0.4, -0.2) is 58.8 Å². The van der Waals surface area contributed by atoms with E-state index < -0.39 is 13.1 Å². The number of methoxy groups -OCH3 is 1. The van der Waals surface area contributed by atoms with Crippen LogP contribution in [0.15, 0.2) is 16.5 Å². The Balaban J connectivity index is 1.79. The molecule has 0 spiro atoms. The Morgan fingerprint density at radius 1 is 1.58 bits per heavy atom. The van der Waals surface area contributed by atoms with Crippen molar-refractivity contribution in [1.29, 1.82) is 0 Å². The second-order valence-electron chi connectivity index (χ2n) is 5.39. The fraction of sp³-hybridized carbons (Fsp3) is 0.357. The maximum Gasteiger partial charge on any atom is 0.537 e. The van der Waals surface area contributed by atoms with Gasteiger partial charge in [-0.25, -0.2) is 4.79 Å². The highest BCUT2D eigenvalue weighted by molar-refractivity contribution is 8.02. The molecule has 0 amide bonds. The third-order valence-electron chi connectivity index (χ3n) is 3.69. The van der Waals surface area contributed by atoms with Crippen LogP contribution in [0.5, 0.6) is 11.5 Å². The van der Waals surface area contributed by atoms with Crippen LogP contribution in [-0.2, 0) is 6.42 Å². The quantitative estimate of drug-likeness (QED) is 0.495. The summed E-state index contributed by atoms with van der Waals surface area (Å²) >= 11 is 2.69. The van der Waals surface area contributed by atoms with Gasteiger partial charge in [0.2, 0.25) is 5.13 Å². The molecule has 0 fully saturated rings. The van der Waals surface area contributed by atoms with E-state index in [-0.39, 0.29) is 22.2 Å². The summed E-state index contributed by atoms with van der Waals surface area (Å²) in [5.74, 6) is -0.838. The number of rotatable bonds is 7. The van der Waals surface area contributed by atoms with Crippen molar-refractivity contribution in [2.45, 2.75) is 15.9 Å². The van der Waals surface area contributed by atoms with Gasteiger partial charge >= 0.3 is 13.1 Å². The maximum absolute atomic E-state index is 11.5. The highest BCUT2D eigenvalue weighted by atomic mass is 32.2. The van der Waals surface area contributed by atoms with Crippen LogP contribution in [0.4, 0.5) is 5.13 Å². The van der Waals surface area contributed by atoms with Gasteiger partial charge in [0.1, 0.15) is 17.1 Å². The first-order valence-electron chi connectivity index (χ1n) is 7.75. The number of hydrogen-bond acceptors (Lipinski definition) is 10. The van der Waals surface area contributed by atoms with Crippen LogP contribution in [0.25, 0.3) is 0 Å². The van der Waals surface area contributed by atoms with E-state index in [1.807, 2.05) is 0 Å². The van der Waals surface area contributed by atoms with Crippen molar-refractivity contribution >= 4 is 41.3 Å². The summed E-state index contributed by atoms with van der Waals surface area (Å²) in [5, 5.41) is 31.2. The number of nitrogens with one attached hydrogen (secondary N) is 1. The summed E-state index contributed by atoms with van der Waals surface area (Å²) in [6.45, 7) is 1.09. The van der Waals surface area contributed by atoms with Gasteiger partial charge in [0.15, 0.2) is 4.34 Å². The number of aromatic carboxylic acids is 1. The van der Waals surface area contributed by atoms with Crippen molar-refractivity contribution in [2.75, 3.05) is 25.5 Å². The molecular formula is C14H17BN4O5S2. The Hall–Kier alpha value is -2.02. The molecule has 1 aromatic heterocycles. The van der Waals surface area contributed by atoms with Gasteiger partial charge in [0.05, 0.1) is 12.3 Å². The molecule has 1 atom stereocenters. The van der Waals surface area contributed by atoms with Crippen molar-refractivity contribution in [1.82, 2.24) is 10.2 Å². The van der Waals surface area contributed by atoms with Crippen LogP contribution >= 0.6 is 23.1 Å². The minimum atomic E-state index is -1.18. The van der Waals surface area contributed by atoms with Crippen molar-refractivity contribution in [3.63, 3.8) is 0 Å². The van der Waals surface area contributed by atoms with E-state index in [2.05, 4.69) is 15.5 Å².